The molecule has 0 atom stereocenters. The van der Waals surface area contributed by atoms with Crippen molar-refractivity contribution < 1.29 is 35.1 Å². The number of fused-ring (bicyclic) bond motifs is 2. The summed E-state index contributed by atoms with van der Waals surface area (Å²) in [4.78, 5) is 24.9. The first kappa shape index (κ1) is 13.7. The van der Waals surface area contributed by atoms with Crippen molar-refractivity contribution in [2.24, 2.45) is 0 Å². The van der Waals surface area contributed by atoms with Gasteiger partial charge in [-0.25, -0.2) is 0 Å². The number of phenols is 5. The number of aryl methyl sites for hydroxylation is 1. The summed E-state index contributed by atoms with van der Waals surface area (Å²) >= 11 is 0. The number of ketones is 2. The van der Waals surface area contributed by atoms with E-state index >= 15 is 0 Å². The lowest BCUT2D eigenvalue weighted by atomic mass is 9.81. The van der Waals surface area contributed by atoms with Gasteiger partial charge in [0.15, 0.2) is 17.3 Å². The molecule has 0 aliphatic heterocycles. The molecule has 2 aromatic rings. The molecule has 0 spiro atoms. The Bertz CT molecular complexity index is 880. The number of rotatable bonds is 0. The normalized spacial score (nSPS) is 13.0. The first-order valence-electron chi connectivity index (χ1n) is 6.18. The summed E-state index contributed by atoms with van der Waals surface area (Å²) in [5, 5.41) is 48.8. The number of aromatic hydroxyl groups is 5. The number of hydrogen-bond acceptors (Lipinski definition) is 7. The van der Waals surface area contributed by atoms with Crippen LogP contribution in [-0.4, -0.2) is 37.1 Å². The van der Waals surface area contributed by atoms with Gasteiger partial charge in [0.2, 0.25) is 11.5 Å². The zero-order valence-corrected chi connectivity index (χ0v) is 11.2. The third-order valence-electron chi connectivity index (χ3n) is 3.65. The minimum absolute atomic E-state index is 0.170. The van der Waals surface area contributed by atoms with E-state index in [9.17, 15) is 35.1 Å². The van der Waals surface area contributed by atoms with Crippen molar-refractivity contribution in [3.63, 3.8) is 0 Å². The molecule has 0 saturated carbocycles. The summed E-state index contributed by atoms with van der Waals surface area (Å²) in [7, 11) is 0. The Kier molecular flexibility index (Phi) is 2.59. The van der Waals surface area contributed by atoms with Gasteiger partial charge >= 0.3 is 0 Å². The van der Waals surface area contributed by atoms with E-state index in [0.29, 0.717) is 0 Å². The van der Waals surface area contributed by atoms with Crippen LogP contribution in [-0.2, 0) is 0 Å². The van der Waals surface area contributed by atoms with Crippen molar-refractivity contribution >= 4 is 11.6 Å². The van der Waals surface area contributed by atoms with Gasteiger partial charge in [-0.2, -0.15) is 0 Å². The maximum Gasteiger partial charge on any atom is 0.202 e. The van der Waals surface area contributed by atoms with Gasteiger partial charge in [0.25, 0.3) is 0 Å². The van der Waals surface area contributed by atoms with Crippen molar-refractivity contribution in [3.05, 3.63) is 39.9 Å². The zero-order chi connectivity index (χ0) is 16.3. The lowest BCUT2D eigenvalue weighted by Gasteiger charge is -2.21. The van der Waals surface area contributed by atoms with Crippen LogP contribution in [0.2, 0.25) is 0 Å². The highest BCUT2D eigenvalue weighted by Gasteiger charge is 2.38. The molecule has 0 unspecified atom stereocenters. The maximum absolute atomic E-state index is 12.5. The van der Waals surface area contributed by atoms with Crippen LogP contribution in [0.4, 0.5) is 0 Å². The highest BCUT2D eigenvalue weighted by atomic mass is 16.3. The van der Waals surface area contributed by atoms with Crippen LogP contribution in [0.1, 0.15) is 37.4 Å². The fourth-order valence-corrected chi connectivity index (χ4v) is 2.55. The minimum Gasteiger partial charge on any atom is -0.507 e. The monoisotopic (exact) mass is 302 g/mol. The van der Waals surface area contributed by atoms with Crippen LogP contribution in [0.15, 0.2) is 12.1 Å². The van der Waals surface area contributed by atoms with Gasteiger partial charge in [-0.1, -0.05) is 0 Å². The van der Waals surface area contributed by atoms with Crippen LogP contribution in [0.3, 0.4) is 0 Å². The molecule has 5 N–H and O–H groups in total. The van der Waals surface area contributed by atoms with E-state index in [1.54, 1.807) is 0 Å². The summed E-state index contributed by atoms with van der Waals surface area (Å²) in [5.41, 5.74) is -1.60. The van der Waals surface area contributed by atoms with E-state index in [1.807, 2.05) is 0 Å². The molecule has 3 rings (SSSR count). The van der Waals surface area contributed by atoms with Crippen LogP contribution in [0.25, 0.3) is 0 Å². The zero-order valence-electron chi connectivity index (χ0n) is 11.2. The summed E-state index contributed by atoms with van der Waals surface area (Å²) in [6.45, 7) is 1.43. The predicted octanol–water partition coefficient (Wildman–Crippen LogP) is 1.30. The first-order valence-corrected chi connectivity index (χ1v) is 6.18. The molecule has 0 fully saturated rings. The minimum atomic E-state index is -0.959. The van der Waals surface area contributed by atoms with Crippen LogP contribution in [0, 0.1) is 6.92 Å². The van der Waals surface area contributed by atoms with E-state index < -0.39 is 57.0 Å². The Morgan fingerprint density at radius 2 is 1.32 bits per heavy atom. The molecule has 0 amide bonds. The van der Waals surface area contributed by atoms with Crippen LogP contribution in [0.5, 0.6) is 28.7 Å². The number of carbonyl (C=O) groups is 2. The number of phenolic OH excluding ortho intramolecular Hbond substituents is 5. The number of hydrogen-bond donors (Lipinski definition) is 5. The molecular formula is C15H10O7. The third kappa shape index (κ3) is 1.50. The van der Waals surface area contributed by atoms with Gasteiger partial charge in [0.1, 0.15) is 11.5 Å². The van der Waals surface area contributed by atoms with Crippen molar-refractivity contribution in [1.29, 1.82) is 0 Å². The molecule has 22 heavy (non-hydrogen) atoms. The van der Waals surface area contributed by atoms with Crippen molar-refractivity contribution in [1.82, 2.24) is 0 Å². The highest BCUT2D eigenvalue weighted by Crippen LogP contribution is 2.47. The van der Waals surface area contributed by atoms with Gasteiger partial charge in [-0.3, -0.25) is 9.59 Å². The maximum atomic E-state index is 12.5. The van der Waals surface area contributed by atoms with Crippen molar-refractivity contribution in [2.45, 2.75) is 6.92 Å². The quantitative estimate of drug-likeness (QED) is 0.312. The summed E-state index contributed by atoms with van der Waals surface area (Å²) in [5.74, 6) is -5.47. The van der Waals surface area contributed by atoms with Gasteiger partial charge in [-0.05, 0) is 24.6 Å². The molecule has 7 nitrogen and oxygen atoms in total. The lowest BCUT2D eigenvalue weighted by Crippen LogP contribution is -2.21. The van der Waals surface area contributed by atoms with Gasteiger partial charge in [0, 0.05) is 5.56 Å². The Morgan fingerprint density at radius 1 is 0.682 bits per heavy atom. The van der Waals surface area contributed by atoms with Gasteiger partial charge in [-0.15, -0.1) is 0 Å². The number of carbonyl (C=O) groups excluding carboxylic acids is 2. The molecule has 0 aromatic heterocycles. The average Bonchev–Trinajstić information content (AvgIpc) is 2.45. The van der Waals surface area contributed by atoms with E-state index in [-0.39, 0.29) is 11.1 Å². The molecule has 1 aliphatic rings. The summed E-state index contributed by atoms with van der Waals surface area (Å²) in [6.07, 6.45) is 0. The third-order valence-corrected chi connectivity index (χ3v) is 3.65. The highest BCUT2D eigenvalue weighted by molar-refractivity contribution is 6.31. The second-order valence-electron chi connectivity index (χ2n) is 4.98. The molecule has 112 valence electrons. The smallest absolute Gasteiger partial charge is 0.202 e. The Morgan fingerprint density at radius 3 is 1.95 bits per heavy atom. The largest absolute Gasteiger partial charge is 0.507 e. The average molecular weight is 302 g/mol. The van der Waals surface area contributed by atoms with E-state index in [2.05, 4.69) is 0 Å². The molecule has 0 heterocycles. The van der Waals surface area contributed by atoms with Gasteiger partial charge in [0.05, 0.1) is 16.7 Å². The first-order chi connectivity index (χ1) is 10.3. The number of benzene rings is 2. The fourth-order valence-electron chi connectivity index (χ4n) is 2.55. The molecular weight excluding hydrogens is 292 g/mol. The van der Waals surface area contributed by atoms with Crippen molar-refractivity contribution in [2.75, 3.05) is 0 Å². The van der Waals surface area contributed by atoms with Crippen LogP contribution < -0.4 is 0 Å². The molecule has 0 saturated heterocycles. The Balaban J connectivity index is 2.46. The fraction of sp³-hybridized carbons (Fsp3) is 0.0667. The molecule has 1 aliphatic carbocycles. The summed E-state index contributed by atoms with van der Waals surface area (Å²) < 4.78 is 0. The molecule has 0 bridgehead atoms. The van der Waals surface area contributed by atoms with E-state index in [4.69, 9.17) is 0 Å². The van der Waals surface area contributed by atoms with E-state index in [1.165, 1.54) is 6.92 Å². The van der Waals surface area contributed by atoms with Crippen LogP contribution >= 0.6 is 0 Å². The lowest BCUT2D eigenvalue weighted by molar-refractivity contribution is 0.0970. The standard InChI is InChI=1S/C15H10O7/c1-4-2-6(16)9-10(11(4)18)14(21)8-5(12(9)19)3-7(17)13(20)15(8)22/h2-3,16-18,20,22H,1H3. The molecule has 7 heteroatoms. The Hall–Kier alpha value is -3.22. The van der Waals surface area contributed by atoms with Crippen molar-refractivity contribution in [3.8, 4) is 28.7 Å². The topological polar surface area (TPSA) is 135 Å². The van der Waals surface area contributed by atoms with Gasteiger partial charge < -0.3 is 25.5 Å². The molecule has 2 aromatic carbocycles. The van der Waals surface area contributed by atoms with E-state index in [0.717, 1.165) is 12.1 Å². The predicted molar refractivity (Wildman–Crippen MR) is 72.8 cm³/mol. The second-order valence-corrected chi connectivity index (χ2v) is 4.98. The second kappa shape index (κ2) is 4.14. The molecule has 0 radical (unpaired) electrons. The Labute approximate surface area is 123 Å². The SMILES string of the molecule is Cc1cc(O)c2c(c1O)C(=O)c1c(cc(O)c(O)c1O)C2=O. The summed E-state index contributed by atoms with van der Waals surface area (Å²) in [6, 6.07) is 1.95.